The molecule has 3 amide bonds. The molecular weight excluding hydrogens is 781 g/mol. The molecule has 0 aliphatic heterocycles. The average molecular weight is 823 g/mol. The number of primary amides is 1. The van der Waals surface area contributed by atoms with E-state index in [1.807, 2.05) is 6.07 Å². The highest BCUT2D eigenvalue weighted by molar-refractivity contribution is 6.05. The largest absolute Gasteiger partial charge is 0.504 e. The molecule has 0 saturated carbocycles. The molecular formula is C47H42N4O10. The van der Waals surface area contributed by atoms with Gasteiger partial charge in [-0.25, -0.2) is 4.79 Å². The van der Waals surface area contributed by atoms with Gasteiger partial charge in [0.2, 0.25) is 5.91 Å². The Labute approximate surface area is 351 Å². The number of carboxylic acid groups (broad SMARTS) is 1. The van der Waals surface area contributed by atoms with Crippen molar-refractivity contribution in [2.75, 3.05) is 5.32 Å². The molecule has 14 heteroatoms. The molecule has 0 aliphatic carbocycles. The number of nitriles is 1. The summed E-state index contributed by atoms with van der Waals surface area (Å²) < 4.78 is 5.88. The summed E-state index contributed by atoms with van der Waals surface area (Å²) in [6.45, 7) is 3.48. The fraction of sp³-hybridized carbons (Fsp3) is 0.191. The smallest absolute Gasteiger partial charge is 0.335 e. The molecule has 14 nitrogen and oxygen atoms in total. The molecule has 1 atom stereocenters. The number of anilines is 1. The standard InChI is InChI=1S/C47H42N4O10/c1-27(2)61-44-35(18-21-37(43(44)56)39(52)22-9-28-3-14-34(15-4-28)47(59)60)24-40(53)31-10-5-29(6-11-31)23-41(54)38(25-42(49)55)51-46(58)33-16-19-36(20-17-33)50-45(57)32-12-7-30(26-48)8-13-32/h3-8,10-21,27,38,56H,9,22-25H2,1-2H3,(H2,49,55)(H,50,57)(H,51,58)(H,59,60)/t38-/m0/s1. The Hall–Kier alpha value is -7.92. The number of phenols is 1. The van der Waals surface area contributed by atoms with Gasteiger partial charge in [0.25, 0.3) is 11.8 Å². The van der Waals surface area contributed by atoms with Crippen LogP contribution >= 0.6 is 0 Å². The number of carbonyl (C=O) groups excluding carboxylic acids is 6. The normalized spacial score (nSPS) is 11.2. The van der Waals surface area contributed by atoms with E-state index >= 15 is 0 Å². The number of ketones is 3. The summed E-state index contributed by atoms with van der Waals surface area (Å²) in [6.07, 6.45) is -0.905. The number of nitrogens with one attached hydrogen (secondary N) is 2. The molecule has 6 N–H and O–H groups in total. The number of rotatable bonds is 19. The van der Waals surface area contributed by atoms with Crippen LogP contribution in [0.5, 0.6) is 11.5 Å². The molecule has 0 bridgehead atoms. The second kappa shape index (κ2) is 20.2. The van der Waals surface area contributed by atoms with E-state index in [1.54, 1.807) is 44.2 Å². The first-order valence-corrected chi connectivity index (χ1v) is 19.1. The number of hydrogen-bond acceptors (Lipinski definition) is 10. The summed E-state index contributed by atoms with van der Waals surface area (Å²) in [5.41, 5.74) is 8.73. The summed E-state index contributed by atoms with van der Waals surface area (Å²) in [7, 11) is 0. The van der Waals surface area contributed by atoms with E-state index in [1.165, 1.54) is 78.9 Å². The lowest BCUT2D eigenvalue weighted by molar-refractivity contribution is -0.125. The minimum absolute atomic E-state index is 0.00664. The zero-order chi connectivity index (χ0) is 44.2. The summed E-state index contributed by atoms with van der Waals surface area (Å²) in [6, 6.07) is 28.0. The van der Waals surface area contributed by atoms with E-state index in [0.717, 1.165) is 5.56 Å². The number of nitrogens with two attached hydrogens (primary N) is 1. The molecule has 61 heavy (non-hydrogen) atoms. The van der Waals surface area contributed by atoms with Crippen LogP contribution in [0.25, 0.3) is 0 Å². The lowest BCUT2D eigenvalue weighted by atomic mass is 9.95. The van der Waals surface area contributed by atoms with Gasteiger partial charge in [-0.3, -0.25) is 28.8 Å². The zero-order valence-corrected chi connectivity index (χ0v) is 33.3. The Morgan fingerprint density at radius 3 is 1.87 bits per heavy atom. The van der Waals surface area contributed by atoms with E-state index in [9.17, 15) is 38.7 Å². The maximum atomic E-state index is 13.4. The van der Waals surface area contributed by atoms with Gasteiger partial charge in [-0.15, -0.1) is 0 Å². The van der Waals surface area contributed by atoms with Gasteiger partial charge in [-0.2, -0.15) is 5.26 Å². The number of Topliss-reactive ketones (excluding diaryl/α,β-unsaturated/α-hetero) is 3. The first kappa shape index (κ1) is 44.2. The van der Waals surface area contributed by atoms with E-state index in [4.69, 9.17) is 20.8 Å². The predicted octanol–water partition coefficient (Wildman–Crippen LogP) is 6.03. The van der Waals surface area contributed by atoms with Crippen LogP contribution in [0, 0.1) is 11.3 Å². The molecule has 0 aliphatic rings. The fourth-order valence-corrected chi connectivity index (χ4v) is 6.25. The second-order valence-corrected chi connectivity index (χ2v) is 14.4. The van der Waals surface area contributed by atoms with Crippen molar-refractivity contribution >= 4 is 46.7 Å². The zero-order valence-electron chi connectivity index (χ0n) is 33.3. The van der Waals surface area contributed by atoms with Gasteiger partial charge in [-0.05, 0) is 98.1 Å². The molecule has 5 rings (SSSR count). The Kier molecular flexibility index (Phi) is 14.6. The van der Waals surface area contributed by atoms with Crippen molar-refractivity contribution in [2.45, 2.75) is 58.1 Å². The van der Waals surface area contributed by atoms with Gasteiger partial charge >= 0.3 is 5.97 Å². The third-order valence-electron chi connectivity index (χ3n) is 9.49. The molecule has 0 saturated heterocycles. The maximum absolute atomic E-state index is 13.4. The van der Waals surface area contributed by atoms with Crippen LogP contribution in [0.2, 0.25) is 0 Å². The number of carboxylic acids is 1. The van der Waals surface area contributed by atoms with Gasteiger partial charge < -0.3 is 31.3 Å². The predicted molar refractivity (Wildman–Crippen MR) is 224 cm³/mol. The Morgan fingerprint density at radius 1 is 0.705 bits per heavy atom. The van der Waals surface area contributed by atoms with Crippen molar-refractivity contribution in [3.63, 3.8) is 0 Å². The van der Waals surface area contributed by atoms with Crippen molar-refractivity contribution in [1.29, 1.82) is 5.26 Å². The number of amides is 3. The summed E-state index contributed by atoms with van der Waals surface area (Å²) in [4.78, 5) is 88.7. The first-order valence-electron chi connectivity index (χ1n) is 19.1. The van der Waals surface area contributed by atoms with Crippen LogP contribution in [0.1, 0.15) is 101 Å². The van der Waals surface area contributed by atoms with Crippen molar-refractivity contribution in [3.8, 4) is 17.6 Å². The van der Waals surface area contributed by atoms with Crippen LogP contribution in [-0.4, -0.2) is 63.4 Å². The molecule has 0 radical (unpaired) electrons. The number of phenolic OH excluding ortho intramolecular Hbond substituents is 1. The quantitative estimate of drug-likeness (QED) is 0.0602. The molecule has 5 aromatic rings. The van der Waals surface area contributed by atoms with Crippen molar-refractivity contribution in [3.05, 3.63) is 159 Å². The van der Waals surface area contributed by atoms with Gasteiger partial charge in [0, 0.05) is 47.2 Å². The van der Waals surface area contributed by atoms with Gasteiger partial charge in [0.1, 0.15) is 0 Å². The number of nitrogens with zero attached hydrogens (tertiary/aromatic N) is 1. The highest BCUT2D eigenvalue weighted by atomic mass is 16.5. The van der Waals surface area contributed by atoms with Crippen LogP contribution < -0.4 is 21.1 Å². The first-order chi connectivity index (χ1) is 29.1. The van der Waals surface area contributed by atoms with Crippen LogP contribution in [-0.2, 0) is 28.9 Å². The van der Waals surface area contributed by atoms with Crippen molar-refractivity contribution < 1.29 is 48.5 Å². The third-order valence-corrected chi connectivity index (χ3v) is 9.49. The number of aromatic carboxylic acids is 1. The second-order valence-electron chi connectivity index (χ2n) is 14.4. The summed E-state index contributed by atoms with van der Waals surface area (Å²) in [5.74, 6) is -4.54. The minimum Gasteiger partial charge on any atom is -0.504 e. The summed E-state index contributed by atoms with van der Waals surface area (Å²) in [5, 5.41) is 34.5. The SMILES string of the molecule is CC(C)Oc1c(CC(=O)c2ccc(CC(=O)[C@H](CC(N)=O)NC(=O)c3ccc(NC(=O)c4ccc(C#N)cc4)cc3)cc2)ccc(C(=O)CCc2ccc(C(=O)O)cc2)c1O. The molecule has 0 unspecified atom stereocenters. The number of benzene rings is 5. The Balaban J connectivity index is 1.20. The Bertz CT molecular complexity index is 2510. The van der Waals surface area contributed by atoms with Crippen molar-refractivity contribution in [2.24, 2.45) is 5.73 Å². The average Bonchev–Trinajstić information content (AvgIpc) is 3.24. The highest BCUT2D eigenvalue weighted by Gasteiger charge is 2.25. The van der Waals surface area contributed by atoms with Crippen LogP contribution in [0.3, 0.4) is 0 Å². The van der Waals surface area contributed by atoms with E-state index in [0.29, 0.717) is 39.9 Å². The minimum atomic E-state index is -1.26. The molecule has 5 aromatic carbocycles. The molecule has 310 valence electrons. The monoisotopic (exact) mass is 822 g/mol. The van der Waals surface area contributed by atoms with Crippen LogP contribution in [0.4, 0.5) is 5.69 Å². The number of aryl methyl sites for hydroxylation is 1. The van der Waals surface area contributed by atoms with Gasteiger partial charge in [0.05, 0.1) is 41.3 Å². The van der Waals surface area contributed by atoms with Gasteiger partial charge in [-0.1, -0.05) is 42.5 Å². The molecule has 0 heterocycles. The number of carbonyl (C=O) groups is 7. The molecule has 0 fully saturated rings. The maximum Gasteiger partial charge on any atom is 0.335 e. The van der Waals surface area contributed by atoms with E-state index < -0.39 is 53.8 Å². The lowest BCUT2D eigenvalue weighted by Crippen LogP contribution is -2.44. The summed E-state index contributed by atoms with van der Waals surface area (Å²) >= 11 is 0. The van der Waals surface area contributed by atoms with Crippen molar-refractivity contribution in [1.82, 2.24) is 5.32 Å². The van der Waals surface area contributed by atoms with Gasteiger partial charge in [0.15, 0.2) is 28.8 Å². The lowest BCUT2D eigenvalue weighted by Gasteiger charge is -2.18. The fourth-order valence-electron chi connectivity index (χ4n) is 6.25. The third kappa shape index (κ3) is 12.1. The number of aromatic hydroxyl groups is 1. The number of ether oxygens (including phenoxy) is 1. The highest BCUT2D eigenvalue weighted by Crippen LogP contribution is 2.36. The molecule has 0 spiro atoms. The number of hydrogen-bond donors (Lipinski definition) is 5. The molecule has 0 aromatic heterocycles. The topological polar surface area (TPSA) is 243 Å². The van der Waals surface area contributed by atoms with E-state index in [2.05, 4.69) is 10.6 Å². The van der Waals surface area contributed by atoms with E-state index in [-0.39, 0.29) is 53.3 Å². The van der Waals surface area contributed by atoms with Crippen LogP contribution in [0.15, 0.2) is 109 Å². The Morgan fingerprint density at radius 2 is 1.28 bits per heavy atom.